The summed E-state index contributed by atoms with van der Waals surface area (Å²) in [5, 5.41) is 8.65. The van der Waals surface area contributed by atoms with Gasteiger partial charge in [0.05, 0.1) is 12.4 Å². The number of rotatable bonds is 5. The van der Waals surface area contributed by atoms with Crippen molar-refractivity contribution >= 4 is 10.0 Å². The van der Waals surface area contributed by atoms with E-state index >= 15 is 0 Å². The summed E-state index contributed by atoms with van der Waals surface area (Å²) in [7, 11) is -3.27. The summed E-state index contributed by atoms with van der Waals surface area (Å²) in [6, 6.07) is 7.39. The first-order valence-corrected chi connectivity index (χ1v) is 8.53. The quantitative estimate of drug-likeness (QED) is 0.816. The predicted molar refractivity (Wildman–Crippen MR) is 85.1 cm³/mol. The molecule has 116 valence electrons. The molecule has 0 saturated heterocycles. The molecule has 5 heteroatoms. The molecule has 0 heterocycles. The minimum absolute atomic E-state index is 0.0562. The van der Waals surface area contributed by atoms with Crippen LogP contribution in [0, 0.1) is 17.3 Å². The summed E-state index contributed by atoms with van der Waals surface area (Å²) >= 11 is 0. The van der Waals surface area contributed by atoms with Gasteiger partial charge in [-0.2, -0.15) is 0 Å². The molecule has 0 aliphatic heterocycles. The van der Waals surface area contributed by atoms with Gasteiger partial charge in [-0.15, -0.1) is 0 Å². The van der Waals surface area contributed by atoms with E-state index in [1.807, 2.05) is 45.0 Å². The lowest BCUT2D eigenvalue weighted by Gasteiger charge is -2.18. The highest BCUT2D eigenvalue weighted by molar-refractivity contribution is 7.89. The molecule has 0 spiro atoms. The van der Waals surface area contributed by atoms with E-state index in [0.29, 0.717) is 6.42 Å². The number of sulfonamides is 1. The van der Waals surface area contributed by atoms with Crippen molar-refractivity contribution in [3.05, 3.63) is 35.4 Å². The SMILES string of the molecule is CC(C)(C)CS(=O)(=O)NCc1ccc(C#CCCO)cc1. The Bertz CT molecular complexity index is 602. The average molecular weight is 309 g/mol. The van der Waals surface area contributed by atoms with E-state index in [0.717, 1.165) is 11.1 Å². The Morgan fingerprint density at radius 1 is 1.19 bits per heavy atom. The number of hydrogen-bond donors (Lipinski definition) is 2. The number of aliphatic hydroxyl groups is 1. The van der Waals surface area contributed by atoms with Crippen LogP contribution in [0.3, 0.4) is 0 Å². The predicted octanol–water partition coefficient (Wildman–Crippen LogP) is 1.89. The molecule has 1 aromatic carbocycles. The third kappa shape index (κ3) is 7.86. The fraction of sp³-hybridized carbons (Fsp3) is 0.500. The lowest BCUT2D eigenvalue weighted by Crippen LogP contribution is -2.31. The van der Waals surface area contributed by atoms with Crippen LogP contribution in [0.15, 0.2) is 24.3 Å². The van der Waals surface area contributed by atoms with Gasteiger partial charge in [-0.05, 0) is 23.1 Å². The first-order chi connectivity index (χ1) is 9.72. The lowest BCUT2D eigenvalue weighted by atomic mass is 10.0. The zero-order chi connectivity index (χ0) is 15.9. The second kappa shape index (κ2) is 7.60. The second-order valence-corrected chi connectivity index (χ2v) is 7.92. The van der Waals surface area contributed by atoms with E-state index in [1.165, 1.54) is 0 Å². The van der Waals surface area contributed by atoms with Crippen molar-refractivity contribution < 1.29 is 13.5 Å². The van der Waals surface area contributed by atoms with Gasteiger partial charge in [0, 0.05) is 18.5 Å². The molecule has 1 rings (SSSR count). The van der Waals surface area contributed by atoms with E-state index in [9.17, 15) is 8.42 Å². The zero-order valence-electron chi connectivity index (χ0n) is 12.8. The minimum Gasteiger partial charge on any atom is -0.395 e. The number of hydrogen-bond acceptors (Lipinski definition) is 3. The molecule has 0 bridgehead atoms. The third-order valence-corrected chi connectivity index (χ3v) is 4.37. The molecule has 0 fully saturated rings. The Morgan fingerprint density at radius 3 is 2.33 bits per heavy atom. The highest BCUT2D eigenvalue weighted by Gasteiger charge is 2.20. The van der Waals surface area contributed by atoms with Crippen molar-refractivity contribution in [2.75, 3.05) is 12.4 Å². The van der Waals surface area contributed by atoms with Gasteiger partial charge in [-0.3, -0.25) is 0 Å². The maximum atomic E-state index is 11.9. The van der Waals surface area contributed by atoms with Crippen molar-refractivity contribution in [1.29, 1.82) is 0 Å². The fourth-order valence-corrected chi connectivity index (χ4v) is 3.37. The molecule has 0 amide bonds. The molecular weight excluding hydrogens is 286 g/mol. The molecule has 0 radical (unpaired) electrons. The summed E-state index contributed by atoms with van der Waals surface area (Å²) in [6.07, 6.45) is 0.453. The molecule has 0 saturated carbocycles. The summed E-state index contributed by atoms with van der Waals surface area (Å²) in [5.74, 6) is 5.87. The van der Waals surface area contributed by atoms with Crippen molar-refractivity contribution in [3.8, 4) is 11.8 Å². The summed E-state index contributed by atoms with van der Waals surface area (Å²) in [4.78, 5) is 0. The molecular formula is C16H23NO3S. The molecule has 0 atom stereocenters. The highest BCUT2D eigenvalue weighted by Crippen LogP contribution is 2.15. The third-order valence-electron chi connectivity index (χ3n) is 2.54. The van der Waals surface area contributed by atoms with Crippen LogP contribution in [0.1, 0.15) is 38.3 Å². The zero-order valence-corrected chi connectivity index (χ0v) is 13.6. The maximum Gasteiger partial charge on any atom is 0.212 e. The van der Waals surface area contributed by atoms with Crippen LogP contribution in [0.5, 0.6) is 0 Å². The summed E-state index contributed by atoms with van der Waals surface area (Å²) in [6.45, 7) is 6.02. The van der Waals surface area contributed by atoms with Crippen LogP contribution in [-0.2, 0) is 16.6 Å². The molecule has 0 unspecified atom stereocenters. The monoisotopic (exact) mass is 309 g/mol. The number of benzene rings is 1. The van der Waals surface area contributed by atoms with E-state index in [4.69, 9.17) is 5.11 Å². The van der Waals surface area contributed by atoms with E-state index in [1.54, 1.807) is 0 Å². The Hall–Kier alpha value is -1.35. The van der Waals surface area contributed by atoms with Crippen LogP contribution >= 0.6 is 0 Å². The van der Waals surface area contributed by atoms with E-state index in [-0.39, 0.29) is 24.3 Å². The van der Waals surface area contributed by atoms with Crippen molar-refractivity contribution in [2.45, 2.75) is 33.7 Å². The van der Waals surface area contributed by atoms with Gasteiger partial charge in [-0.1, -0.05) is 44.7 Å². The van der Waals surface area contributed by atoms with Crippen LogP contribution in [-0.4, -0.2) is 25.9 Å². The van der Waals surface area contributed by atoms with Crippen molar-refractivity contribution in [1.82, 2.24) is 4.72 Å². The van der Waals surface area contributed by atoms with Gasteiger partial charge in [0.25, 0.3) is 0 Å². The molecule has 4 nitrogen and oxygen atoms in total. The van der Waals surface area contributed by atoms with Crippen molar-refractivity contribution in [3.63, 3.8) is 0 Å². The Morgan fingerprint density at radius 2 is 1.81 bits per heavy atom. The van der Waals surface area contributed by atoms with Crippen molar-refractivity contribution in [2.24, 2.45) is 5.41 Å². The van der Waals surface area contributed by atoms with E-state index < -0.39 is 10.0 Å². The van der Waals surface area contributed by atoms with Crippen LogP contribution < -0.4 is 4.72 Å². The van der Waals surface area contributed by atoms with Gasteiger partial charge in [0.15, 0.2) is 0 Å². The van der Waals surface area contributed by atoms with Gasteiger partial charge in [0.2, 0.25) is 10.0 Å². The summed E-state index contributed by atoms with van der Waals surface area (Å²) in [5.41, 5.74) is 1.47. The van der Waals surface area contributed by atoms with Crippen LogP contribution in [0.25, 0.3) is 0 Å². The van der Waals surface area contributed by atoms with Gasteiger partial charge in [0.1, 0.15) is 0 Å². The number of nitrogens with one attached hydrogen (secondary N) is 1. The topological polar surface area (TPSA) is 66.4 Å². The smallest absolute Gasteiger partial charge is 0.212 e. The normalized spacial score (nSPS) is 11.8. The summed E-state index contributed by atoms with van der Waals surface area (Å²) < 4.78 is 26.4. The molecule has 0 aliphatic rings. The van der Waals surface area contributed by atoms with Gasteiger partial charge in [-0.25, -0.2) is 13.1 Å². The van der Waals surface area contributed by atoms with Gasteiger partial charge < -0.3 is 5.11 Å². The Labute approximate surface area is 127 Å². The molecule has 2 N–H and O–H groups in total. The molecule has 1 aromatic rings. The minimum atomic E-state index is -3.27. The number of aliphatic hydroxyl groups excluding tert-OH is 1. The molecule has 21 heavy (non-hydrogen) atoms. The first-order valence-electron chi connectivity index (χ1n) is 6.88. The second-order valence-electron chi connectivity index (χ2n) is 6.11. The molecule has 0 aliphatic carbocycles. The lowest BCUT2D eigenvalue weighted by molar-refractivity contribution is 0.305. The first kappa shape index (κ1) is 17.7. The standard InChI is InChI=1S/C16H23NO3S/c1-16(2,3)13-21(19,20)17-12-15-9-7-14(8-10-15)6-4-5-11-18/h7-10,17-18H,5,11-13H2,1-3H3. The Balaban J connectivity index is 2.59. The Kier molecular flexibility index (Phi) is 6.41. The largest absolute Gasteiger partial charge is 0.395 e. The fourth-order valence-electron chi connectivity index (χ4n) is 1.74. The highest BCUT2D eigenvalue weighted by atomic mass is 32.2. The van der Waals surface area contributed by atoms with E-state index in [2.05, 4.69) is 16.6 Å². The maximum absolute atomic E-state index is 11.9. The van der Waals surface area contributed by atoms with Crippen LogP contribution in [0.2, 0.25) is 0 Å². The average Bonchev–Trinajstić information content (AvgIpc) is 2.35. The van der Waals surface area contributed by atoms with Gasteiger partial charge >= 0.3 is 0 Å². The molecule has 0 aromatic heterocycles. The van der Waals surface area contributed by atoms with Crippen LogP contribution in [0.4, 0.5) is 0 Å².